The Morgan fingerprint density at radius 1 is 1.26 bits per heavy atom. The van der Waals surface area contributed by atoms with Gasteiger partial charge < -0.3 is 9.47 Å². The molecule has 0 saturated heterocycles. The molecule has 0 radical (unpaired) electrons. The van der Waals surface area contributed by atoms with Crippen LogP contribution >= 0.6 is 11.6 Å². The predicted octanol–water partition coefficient (Wildman–Crippen LogP) is 5.73. The summed E-state index contributed by atoms with van der Waals surface area (Å²) in [6.45, 7) is 1.52. The molecule has 7 heteroatoms. The van der Waals surface area contributed by atoms with E-state index >= 15 is 0 Å². The van der Waals surface area contributed by atoms with Crippen molar-refractivity contribution in [1.82, 2.24) is 0 Å². The highest BCUT2D eigenvalue weighted by Crippen LogP contribution is 2.40. The largest absolute Gasteiger partial charge is 0.475 e. The third-order valence-electron chi connectivity index (χ3n) is 5.06. The number of benzene rings is 1. The molecule has 1 unspecified atom stereocenters. The molecular formula is C20H22ClF3O3. The molecular weight excluding hydrogens is 381 g/mol. The number of halogens is 4. The number of hydrogen-bond donors (Lipinski definition) is 0. The first-order valence-electron chi connectivity index (χ1n) is 9.24. The molecule has 0 bridgehead atoms. The van der Waals surface area contributed by atoms with E-state index < -0.39 is 23.8 Å². The number of rotatable bonds is 4. The van der Waals surface area contributed by atoms with Crippen LogP contribution in [0.5, 0.6) is 5.75 Å². The van der Waals surface area contributed by atoms with Crippen molar-refractivity contribution in [2.24, 2.45) is 5.92 Å². The van der Waals surface area contributed by atoms with Gasteiger partial charge in [0, 0.05) is 10.6 Å². The van der Waals surface area contributed by atoms with Gasteiger partial charge in [-0.25, -0.2) is 4.79 Å². The van der Waals surface area contributed by atoms with Gasteiger partial charge in [0.15, 0.2) is 0 Å². The maximum Gasteiger partial charge on any atom is 0.430 e. The standard InChI is InChI=1S/C20H22ClF3O3/c1-2-26-19(25)15-9-14-10-16(21)13(8-12-6-4-3-5-7-12)11-17(14)27-18(15)20(22,23)24/h9-12,18H,2-8H2,1H3. The van der Waals surface area contributed by atoms with Gasteiger partial charge in [0.1, 0.15) is 5.75 Å². The highest BCUT2D eigenvalue weighted by molar-refractivity contribution is 6.31. The van der Waals surface area contributed by atoms with Crippen LogP contribution in [0.1, 0.15) is 50.2 Å². The molecule has 3 nitrogen and oxygen atoms in total. The third kappa shape index (κ3) is 4.60. The van der Waals surface area contributed by atoms with E-state index in [-0.39, 0.29) is 12.4 Å². The summed E-state index contributed by atoms with van der Waals surface area (Å²) in [6.07, 6.45) is 0.612. The van der Waals surface area contributed by atoms with Crippen LogP contribution in [-0.2, 0) is 16.0 Å². The van der Waals surface area contributed by atoms with Crippen LogP contribution in [0.3, 0.4) is 0 Å². The van der Waals surface area contributed by atoms with Gasteiger partial charge in [-0.3, -0.25) is 0 Å². The van der Waals surface area contributed by atoms with E-state index in [1.54, 1.807) is 12.1 Å². The Morgan fingerprint density at radius 3 is 2.59 bits per heavy atom. The van der Waals surface area contributed by atoms with Gasteiger partial charge in [-0.15, -0.1) is 0 Å². The third-order valence-corrected chi connectivity index (χ3v) is 5.41. The second-order valence-corrected chi connectivity index (χ2v) is 7.46. The van der Waals surface area contributed by atoms with Crippen molar-refractivity contribution in [3.8, 4) is 5.75 Å². The molecule has 2 aliphatic rings. The fourth-order valence-corrected chi connectivity index (χ4v) is 3.99. The summed E-state index contributed by atoms with van der Waals surface area (Å²) in [6, 6.07) is 3.16. The Bertz CT molecular complexity index is 737. The molecule has 1 aromatic carbocycles. The van der Waals surface area contributed by atoms with E-state index in [2.05, 4.69) is 0 Å². The summed E-state index contributed by atoms with van der Waals surface area (Å²) in [5.41, 5.74) is 0.583. The van der Waals surface area contributed by atoms with Crippen molar-refractivity contribution < 1.29 is 27.4 Å². The van der Waals surface area contributed by atoms with Crippen LogP contribution in [0.15, 0.2) is 17.7 Å². The minimum absolute atomic E-state index is 0.0192. The molecule has 0 amide bonds. The summed E-state index contributed by atoms with van der Waals surface area (Å²) >= 11 is 6.37. The van der Waals surface area contributed by atoms with Gasteiger partial charge in [0.05, 0.1) is 12.2 Å². The Balaban J connectivity index is 1.93. The maximum atomic E-state index is 13.4. The number of esters is 1. The fourth-order valence-electron chi connectivity index (χ4n) is 3.74. The van der Waals surface area contributed by atoms with Gasteiger partial charge in [-0.05, 0) is 43.0 Å². The Labute approximate surface area is 161 Å². The van der Waals surface area contributed by atoms with Crippen molar-refractivity contribution in [2.75, 3.05) is 6.61 Å². The number of alkyl halides is 3. The van der Waals surface area contributed by atoms with Crippen LogP contribution in [0.4, 0.5) is 13.2 Å². The molecule has 27 heavy (non-hydrogen) atoms. The second kappa shape index (κ2) is 8.13. The predicted molar refractivity (Wildman–Crippen MR) is 96.8 cm³/mol. The van der Waals surface area contributed by atoms with Crippen LogP contribution in [-0.4, -0.2) is 24.9 Å². The first kappa shape index (κ1) is 20.1. The lowest BCUT2D eigenvalue weighted by Gasteiger charge is -2.29. The lowest BCUT2D eigenvalue weighted by molar-refractivity contribution is -0.187. The first-order valence-corrected chi connectivity index (χ1v) is 9.62. The molecule has 1 fully saturated rings. The van der Waals surface area contributed by atoms with Crippen LogP contribution < -0.4 is 4.74 Å². The van der Waals surface area contributed by atoms with E-state index in [0.717, 1.165) is 24.8 Å². The summed E-state index contributed by atoms with van der Waals surface area (Å²) in [4.78, 5) is 12.0. The maximum absolute atomic E-state index is 13.4. The van der Waals surface area contributed by atoms with E-state index in [1.807, 2.05) is 0 Å². The highest BCUT2D eigenvalue weighted by atomic mass is 35.5. The van der Waals surface area contributed by atoms with Crippen LogP contribution in [0, 0.1) is 5.92 Å². The zero-order valence-electron chi connectivity index (χ0n) is 15.1. The number of ether oxygens (including phenoxy) is 2. The smallest absolute Gasteiger partial charge is 0.430 e. The highest BCUT2D eigenvalue weighted by Gasteiger charge is 2.48. The normalized spacial score (nSPS) is 20.5. The molecule has 148 valence electrons. The Morgan fingerprint density at radius 2 is 1.96 bits per heavy atom. The van der Waals surface area contributed by atoms with Gasteiger partial charge in [0.25, 0.3) is 0 Å². The quantitative estimate of drug-likeness (QED) is 0.603. The average Bonchev–Trinajstić information content (AvgIpc) is 2.61. The molecule has 1 aromatic rings. The monoisotopic (exact) mass is 402 g/mol. The molecule has 3 rings (SSSR count). The lowest BCUT2D eigenvalue weighted by atomic mass is 9.84. The van der Waals surface area contributed by atoms with E-state index in [0.29, 0.717) is 16.5 Å². The Kier molecular flexibility index (Phi) is 6.04. The van der Waals surface area contributed by atoms with Crippen LogP contribution in [0.25, 0.3) is 6.08 Å². The Hall–Kier alpha value is -1.69. The minimum Gasteiger partial charge on any atom is -0.475 e. The van der Waals surface area contributed by atoms with Gasteiger partial charge in [-0.2, -0.15) is 13.2 Å². The van der Waals surface area contributed by atoms with E-state index in [9.17, 15) is 18.0 Å². The zero-order valence-corrected chi connectivity index (χ0v) is 15.8. The van der Waals surface area contributed by atoms with Crippen molar-refractivity contribution in [2.45, 2.75) is 57.7 Å². The van der Waals surface area contributed by atoms with E-state index in [4.69, 9.17) is 21.1 Å². The second-order valence-electron chi connectivity index (χ2n) is 7.05. The molecule has 1 aliphatic heterocycles. The van der Waals surface area contributed by atoms with Gasteiger partial charge in [0.2, 0.25) is 6.10 Å². The average molecular weight is 403 g/mol. The minimum atomic E-state index is -4.72. The molecule has 1 saturated carbocycles. The lowest BCUT2D eigenvalue weighted by Crippen LogP contribution is -2.40. The summed E-state index contributed by atoms with van der Waals surface area (Å²) < 4.78 is 50.3. The number of fused-ring (bicyclic) bond motifs is 1. The molecule has 1 aliphatic carbocycles. The van der Waals surface area contributed by atoms with Crippen molar-refractivity contribution >= 4 is 23.6 Å². The molecule has 1 atom stereocenters. The summed E-state index contributed by atoms with van der Waals surface area (Å²) in [5.74, 6) is -0.449. The molecule has 0 spiro atoms. The fraction of sp³-hybridized carbons (Fsp3) is 0.550. The van der Waals surface area contributed by atoms with Crippen LogP contribution in [0.2, 0.25) is 5.02 Å². The topological polar surface area (TPSA) is 35.5 Å². The first-order chi connectivity index (χ1) is 12.8. The summed E-state index contributed by atoms with van der Waals surface area (Å²) in [7, 11) is 0. The van der Waals surface area contributed by atoms with Gasteiger partial charge in [-0.1, -0.05) is 43.7 Å². The molecule has 0 aromatic heterocycles. The number of hydrogen-bond acceptors (Lipinski definition) is 3. The summed E-state index contributed by atoms with van der Waals surface area (Å²) in [5, 5.41) is 0.479. The number of carbonyl (C=O) groups is 1. The van der Waals surface area contributed by atoms with Crippen molar-refractivity contribution in [3.63, 3.8) is 0 Å². The zero-order chi connectivity index (χ0) is 19.6. The van der Waals surface area contributed by atoms with E-state index in [1.165, 1.54) is 32.3 Å². The van der Waals surface area contributed by atoms with Crippen molar-refractivity contribution in [3.05, 3.63) is 33.9 Å². The number of carbonyl (C=O) groups excluding carboxylic acids is 1. The SMILES string of the molecule is CCOC(=O)C1=Cc2cc(Cl)c(CC3CCCCC3)cc2OC1C(F)(F)F. The van der Waals surface area contributed by atoms with Crippen molar-refractivity contribution in [1.29, 1.82) is 0 Å². The molecule has 1 heterocycles. The van der Waals surface area contributed by atoms with Gasteiger partial charge >= 0.3 is 12.1 Å². The molecule has 0 N–H and O–H groups in total.